The Morgan fingerprint density at radius 1 is 1.06 bits per heavy atom. The molecular weight excluding hydrogens is 222 g/mol. The molecule has 1 N–H and O–H groups in total. The molecule has 0 aliphatic heterocycles. The summed E-state index contributed by atoms with van der Waals surface area (Å²) < 4.78 is 0. The minimum atomic E-state index is -0.163. The second kappa shape index (κ2) is 5.55. The van der Waals surface area contributed by atoms with Crippen LogP contribution in [0.15, 0.2) is 30.3 Å². The number of hydrogen-bond acceptors (Lipinski definition) is 1. The maximum absolute atomic E-state index is 12.0. The van der Waals surface area contributed by atoms with E-state index in [9.17, 15) is 4.79 Å². The molecule has 0 saturated carbocycles. The monoisotopic (exact) mass is 247 g/mol. The van der Waals surface area contributed by atoms with E-state index in [4.69, 9.17) is 0 Å². The first kappa shape index (κ1) is 14.7. The Balaban J connectivity index is 2.54. The lowest BCUT2D eigenvalue weighted by atomic mass is 9.81. The molecule has 1 aromatic carbocycles. The summed E-state index contributed by atoms with van der Waals surface area (Å²) in [5.74, 6) is 0.0930. The molecule has 1 amide bonds. The molecule has 0 atom stereocenters. The first-order chi connectivity index (χ1) is 8.18. The van der Waals surface area contributed by atoms with E-state index >= 15 is 0 Å². The van der Waals surface area contributed by atoms with Crippen LogP contribution < -0.4 is 5.32 Å². The molecule has 0 bridgehead atoms. The highest BCUT2D eigenvalue weighted by atomic mass is 16.1. The van der Waals surface area contributed by atoms with Crippen molar-refractivity contribution in [2.75, 3.05) is 0 Å². The minimum Gasteiger partial charge on any atom is -0.351 e. The lowest BCUT2D eigenvalue weighted by Crippen LogP contribution is -2.46. The SMILES string of the molecule is CC(C)(C)CC(C)(C)NC(=O)Cc1ccccc1. The van der Waals surface area contributed by atoms with E-state index < -0.39 is 0 Å². The lowest BCUT2D eigenvalue weighted by Gasteiger charge is -2.33. The Labute approximate surface area is 111 Å². The van der Waals surface area contributed by atoms with Gasteiger partial charge in [-0.1, -0.05) is 51.1 Å². The van der Waals surface area contributed by atoms with Crippen LogP contribution in [0.25, 0.3) is 0 Å². The van der Waals surface area contributed by atoms with Gasteiger partial charge in [-0.2, -0.15) is 0 Å². The predicted molar refractivity (Wildman–Crippen MR) is 76.4 cm³/mol. The second-order valence-electron chi connectivity index (χ2n) is 6.83. The fraction of sp³-hybridized carbons (Fsp3) is 0.562. The van der Waals surface area contributed by atoms with Crippen molar-refractivity contribution in [1.82, 2.24) is 5.32 Å². The molecule has 0 aromatic heterocycles. The van der Waals surface area contributed by atoms with Crippen molar-refractivity contribution < 1.29 is 4.79 Å². The van der Waals surface area contributed by atoms with E-state index in [2.05, 4.69) is 39.9 Å². The van der Waals surface area contributed by atoms with Gasteiger partial charge in [0.15, 0.2) is 0 Å². The first-order valence-corrected chi connectivity index (χ1v) is 6.53. The molecule has 2 heteroatoms. The third-order valence-electron chi connectivity index (χ3n) is 2.66. The van der Waals surface area contributed by atoms with Crippen molar-refractivity contribution in [1.29, 1.82) is 0 Å². The molecule has 0 unspecified atom stereocenters. The number of rotatable bonds is 4. The minimum absolute atomic E-state index is 0.0930. The largest absolute Gasteiger partial charge is 0.351 e. The highest BCUT2D eigenvalue weighted by molar-refractivity contribution is 5.79. The maximum Gasteiger partial charge on any atom is 0.224 e. The third kappa shape index (κ3) is 5.85. The number of hydrogen-bond donors (Lipinski definition) is 1. The van der Waals surface area contributed by atoms with E-state index in [-0.39, 0.29) is 16.9 Å². The van der Waals surface area contributed by atoms with Crippen molar-refractivity contribution in [3.8, 4) is 0 Å². The van der Waals surface area contributed by atoms with Gasteiger partial charge in [-0.3, -0.25) is 4.79 Å². The molecule has 100 valence electrons. The summed E-state index contributed by atoms with van der Waals surface area (Å²) in [6.45, 7) is 10.7. The molecule has 1 aromatic rings. The fourth-order valence-corrected chi connectivity index (χ4v) is 2.57. The summed E-state index contributed by atoms with van der Waals surface area (Å²) in [6.07, 6.45) is 1.41. The van der Waals surface area contributed by atoms with Gasteiger partial charge in [-0.25, -0.2) is 0 Å². The van der Waals surface area contributed by atoms with Crippen LogP contribution in [0, 0.1) is 5.41 Å². The molecule has 0 saturated heterocycles. The number of nitrogens with one attached hydrogen (secondary N) is 1. The summed E-state index contributed by atoms with van der Waals surface area (Å²) in [6, 6.07) is 9.85. The van der Waals surface area contributed by atoms with Gasteiger partial charge in [0.2, 0.25) is 5.91 Å². The average Bonchev–Trinajstić information content (AvgIpc) is 2.13. The summed E-state index contributed by atoms with van der Waals surface area (Å²) in [4.78, 5) is 12.0. The molecule has 2 nitrogen and oxygen atoms in total. The van der Waals surface area contributed by atoms with Gasteiger partial charge >= 0.3 is 0 Å². The second-order valence-corrected chi connectivity index (χ2v) is 6.83. The van der Waals surface area contributed by atoms with Crippen LogP contribution in [0.5, 0.6) is 0 Å². The Hall–Kier alpha value is -1.31. The Kier molecular flexibility index (Phi) is 4.55. The normalized spacial score (nSPS) is 12.3. The van der Waals surface area contributed by atoms with E-state index in [1.165, 1.54) is 0 Å². The van der Waals surface area contributed by atoms with E-state index in [0.717, 1.165) is 12.0 Å². The van der Waals surface area contributed by atoms with Crippen LogP contribution >= 0.6 is 0 Å². The van der Waals surface area contributed by atoms with Gasteiger partial charge in [-0.05, 0) is 31.2 Å². The molecule has 0 aliphatic rings. The highest BCUT2D eigenvalue weighted by Crippen LogP contribution is 2.26. The van der Waals surface area contributed by atoms with Crippen LogP contribution in [0.4, 0.5) is 0 Å². The van der Waals surface area contributed by atoms with Gasteiger partial charge in [0.1, 0.15) is 0 Å². The number of carbonyl (C=O) groups is 1. The Bertz CT molecular complexity index is 387. The lowest BCUT2D eigenvalue weighted by molar-refractivity contribution is -0.122. The van der Waals surface area contributed by atoms with Crippen molar-refractivity contribution >= 4 is 5.91 Å². The first-order valence-electron chi connectivity index (χ1n) is 6.53. The summed E-state index contributed by atoms with van der Waals surface area (Å²) in [5.41, 5.74) is 1.11. The molecule has 0 spiro atoms. The molecular formula is C16H25NO. The molecule has 18 heavy (non-hydrogen) atoms. The Morgan fingerprint density at radius 2 is 1.61 bits per heavy atom. The van der Waals surface area contributed by atoms with Gasteiger partial charge in [0, 0.05) is 5.54 Å². The summed E-state index contributed by atoms with van der Waals surface area (Å²) in [7, 11) is 0. The predicted octanol–water partition coefficient (Wildman–Crippen LogP) is 3.56. The van der Waals surface area contributed by atoms with Crippen LogP contribution in [0.1, 0.15) is 46.6 Å². The fourth-order valence-electron chi connectivity index (χ4n) is 2.57. The van der Waals surface area contributed by atoms with E-state index in [0.29, 0.717) is 6.42 Å². The average molecular weight is 247 g/mol. The van der Waals surface area contributed by atoms with Crippen molar-refractivity contribution in [3.05, 3.63) is 35.9 Å². The summed E-state index contributed by atoms with van der Waals surface area (Å²) in [5, 5.41) is 3.12. The standard InChI is InChI=1S/C16H25NO/c1-15(2,3)12-16(4,5)17-14(18)11-13-9-7-6-8-10-13/h6-10H,11-12H2,1-5H3,(H,17,18). The highest BCUT2D eigenvalue weighted by Gasteiger charge is 2.26. The third-order valence-corrected chi connectivity index (χ3v) is 2.66. The zero-order valence-corrected chi connectivity index (χ0v) is 12.2. The topological polar surface area (TPSA) is 29.1 Å². The molecule has 1 rings (SSSR count). The van der Waals surface area contributed by atoms with Crippen LogP contribution in [0.2, 0.25) is 0 Å². The van der Waals surface area contributed by atoms with Crippen LogP contribution in [-0.4, -0.2) is 11.4 Å². The molecule has 0 heterocycles. The van der Waals surface area contributed by atoms with E-state index in [1.54, 1.807) is 0 Å². The molecule has 0 radical (unpaired) electrons. The zero-order chi connectivity index (χ0) is 13.8. The quantitative estimate of drug-likeness (QED) is 0.866. The smallest absolute Gasteiger partial charge is 0.224 e. The Morgan fingerprint density at radius 3 is 2.11 bits per heavy atom. The van der Waals surface area contributed by atoms with Gasteiger partial charge < -0.3 is 5.32 Å². The van der Waals surface area contributed by atoms with Crippen LogP contribution in [0.3, 0.4) is 0 Å². The molecule has 0 aliphatic carbocycles. The number of amides is 1. The molecule has 0 fully saturated rings. The van der Waals surface area contributed by atoms with Gasteiger partial charge in [0.25, 0.3) is 0 Å². The van der Waals surface area contributed by atoms with Crippen molar-refractivity contribution in [3.63, 3.8) is 0 Å². The number of carbonyl (C=O) groups excluding carboxylic acids is 1. The number of benzene rings is 1. The van der Waals surface area contributed by atoms with Gasteiger partial charge in [-0.15, -0.1) is 0 Å². The zero-order valence-electron chi connectivity index (χ0n) is 12.2. The van der Waals surface area contributed by atoms with Crippen molar-refractivity contribution in [2.45, 2.75) is 53.0 Å². The van der Waals surface area contributed by atoms with Crippen molar-refractivity contribution in [2.24, 2.45) is 5.41 Å². The van der Waals surface area contributed by atoms with E-state index in [1.807, 2.05) is 30.3 Å². The van der Waals surface area contributed by atoms with Gasteiger partial charge in [0.05, 0.1) is 6.42 Å². The summed E-state index contributed by atoms with van der Waals surface area (Å²) >= 11 is 0. The maximum atomic E-state index is 12.0. The van der Waals surface area contributed by atoms with Crippen LogP contribution in [-0.2, 0) is 11.2 Å².